The van der Waals surface area contributed by atoms with Gasteiger partial charge < -0.3 is 95.1 Å². The number of hydrogen-bond donors (Lipinski definition) is 12. The molecule has 7 atom stereocenters. The fraction of sp³-hybridized carbons (Fsp3) is 0.569. The highest BCUT2D eigenvalue weighted by molar-refractivity contribution is 6.45. The molecule has 106 heavy (non-hydrogen) atoms. The van der Waals surface area contributed by atoms with E-state index in [0.717, 1.165) is 37.7 Å². The van der Waals surface area contributed by atoms with Crippen LogP contribution in [0.2, 0.25) is 5.54 Å². The summed E-state index contributed by atoms with van der Waals surface area (Å²) in [5.74, 6) is 0.0164. The molecular formula is C72H96FN11O21Si. The molecule has 8 rings (SSSR count). The number of carboxylic acid groups (broad SMARTS) is 1. The first kappa shape index (κ1) is 82.6. The Hall–Kier alpha value is -9.02. The zero-order chi connectivity index (χ0) is 76.3. The summed E-state index contributed by atoms with van der Waals surface area (Å²) >= 11 is 0. The highest BCUT2D eigenvalue weighted by Gasteiger charge is 2.46. The predicted molar refractivity (Wildman–Crippen MR) is 380 cm³/mol. The van der Waals surface area contributed by atoms with E-state index in [1.807, 2.05) is 0 Å². The van der Waals surface area contributed by atoms with E-state index in [0.29, 0.717) is 97.0 Å². The minimum absolute atomic E-state index is 0.00248. The molecule has 0 spiro atoms. The highest BCUT2D eigenvalue weighted by Crippen LogP contribution is 2.46. The van der Waals surface area contributed by atoms with Crippen LogP contribution in [0.5, 0.6) is 0 Å². The lowest BCUT2D eigenvalue weighted by Gasteiger charge is -2.31. The van der Waals surface area contributed by atoms with Crippen molar-refractivity contribution >= 4 is 79.9 Å². The summed E-state index contributed by atoms with van der Waals surface area (Å²) in [7, 11) is -0.570. The maximum atomic E-state index is 15.4. The molecule has 4 aliphatic rings. The number of aliphatic hydroxyl groups excluding tert-OH is 1. The molecule has 0 bridgehead atoms. The van der Waals surface area contributed by atoms with Gasteiger partial charge in [-0.2, -0.15) is 0 Å². The van der Waals surface area contributed by atoms with E-state index in [4.69, 9.17) is 48.6 Å². The number of cyclic esters (lactones) is 1. The quantitative estimate of drug-likeness (QED) is 0.00877. The summed E-state index contributed by atoms with van der Waals surface area (Å²) in [5, 5.41) is 50.6. The number of benzene rings is 2. The van der Waals surface area contributed by atoms with Gasteiger partial charge in [-0.3, -0.25) is 44.2 Å². The molecule has 8 amide bonds. The second-order valence-corrected chi connectivity index (χ2v) is 27.5. The van der Waals surface area contributed by atoms with Gasteiger partial charge in [-0.15, -0.1) is 5.92 Å². The Morgan fingerprint density at radius 2 is 1.57 bits per heavy atom. The van der Waals surface area contributed by atoms with Crippen molar-refractivity contribution in [2.45, 2.75) is 173 Å². The number of nitrogens with two attached hydrogens (primary N) is 1. The number of urea groups is 1. The first-order valence-electron chi connectivity index (χ1n) is 35.7. The number of primary amides is 1. The van der Waals surface area contributed by atoms with E-state index in [2.05, 4.69) is 54.0 Å². The Morgan fingerprint density at radius 1 is 0.840 bits per heavy atom. The second-order valence-electron chi connectivity index (χ2n) is 26.2. The average molecular weight is 1500 g/mol. The van der Waals surface area contributed by atoms with Crippen molar-refractivity contribution in [3.63, 3.8) is 0 Å². The fourth-order valence-electron chi connectivity index (χ4n) is 12.5. The Balaban J connectivity index is 0.731. The summed E-state index contributed by atoms with van der Waals surface area (Å²) < 4.78 is 60.8. The summed E-state index contributed by atoms with van der Waals surface area (Å²) in [4.78, 5) is 138. The molecule has 0 saturated heterocycles. The molecule has 4 heterocycles. The monoisotopic (exact) mass is 1500 g/mol. The molecule has 576 valence electrons. The third-order valence-electron chi connectivity index (χ3n) is 18.3. The molecule has 0 saturated carbocycles. The largest absolute Gasteiger partial charge is 0.481 e. The number of amides is 8. The number of ether oxygens (including phenoxy) is 8. The summed E-state index contributed by atoms with van der Waals surface area (Å²) in [6, 6.07) is 5.15. The van der Waals surface area contributed by atoms with Crippen LogP contribution in [-0.2, 0) is 103 Å². The van der Waals surface area contributed by atoms with Crippen LogP contribution in [0.1, 0.15) is 143 Å². The van der Waals surface area contributed by atoms with Gasteiger partial charge in [0.25, 0.3) is 5.56 Å². The van der Waals surface area contributed by atoms with Crippen LogP contribution in [0.3, 0.4) is 0 Å². The van der Waals surface area contributed by atoms with Crippen LogP contribution < -0.4 is 53.5 Å². The van der Waals surface area contributed by atoms with Gasteiger partial charge in [0.15, 0.2) is 15.3 Å². The number of rotatable bonds is 43. The number of anilines is 1. The van der Waals surface area contributed by atoms with Crippen LogP contribution in [0, 0.1) is 30.5 Å². The SMILES string of the molecule is CC[C@@]1(O)C(=O)OCc2c1cc1n(c2=O)Cc2c-1nc1cc(F)c(C)c3c1c2[C@@H](NC(=O)COCNC(=O)OCc1ccc(NC(=O)[C@H](CCCNC(N)=O)NC(=O)[C@@H](NC(=O)[C@H](CCC(=O)O)[Si]NC(=O)CCOCCOCCOCCOCCNC(O)COC2C#CCCCCC2)C(C)C)cc1)CC3. The number of pyridine rings is 2. The number of halogens is 1. The number of fused-ring (bicyclic) bond motifs is 5. The first-order chi connectivity index (χ1) is 50.9. The number of esters is 1. The Morgan fingerprint density at radius 3 is 2.27 bits per heavy atom. The second kappa shape index (κ2) is 41.2. The molecule has 34 heteroatoms. The minimum atomic E-state index is -2.06. The average Bonchev–Trinajstić information content (AvgIpc) is 1.51. The molecule has 2 radical (unpaired) electrons. The van der Waals surface area contributed by atoms with Crippen molar-refractivity contribution < 1.29 is 101 Å². The molecule has 4 aromatic rings. The van der Waals surface area contributed by atoms with Crippen molar-refractivity contribution in [1.29, 1.82) is 0 Å². The molecule has 32 nitrogen and oxygen atoms in total. The molecule has 2 aliphatic heterocycles. The number of carbonyl (C=O) groups excluding carboxylic acids is 8. The molecule has 2 aromatic heterocycles. The highest BCUT2D eigenvalue weighted by atomic mass is 28.2. The number of nitrogens with one attached hydrogen (secondary N) is 8. The zero-order valence-corrected chi connectivity index (χ0v) is 61.1. The van der Waals surface area contributed by atoms with Crippen molar-refractivity contribution in [1.82, 2.24) is 46.4 Å². The maximum absolute atomic E-state index is 15.4. The summed E-state index contributed by atoms with van der Waals surface area (Å²) in [5.41, 5.74) is 6.07. The van der Waals surface area contributed by atoms with Gasteiger partial charge in [-0.05, 0) is 111 Å². The van der Waals surface area contributed by atoms with Crippen LogP contribution in [-0.4, -0.2) is 198 Å². The normalized spacial score (nSPS) is 17.5. The van der Waals surface area contributed by atoms with Gasteiger partial charge >= 0.3 is 24.1 Å². The van der Waals surface area contributed by atoms with Gasteiger partial charge in [-0.1, -0.05) is 45.2 Å². The van der Waals surface area contributed by atoms with Crippen LogP contribution >= 0.6 is 0 Å². The van der Waals surface area contributed by atoms with Crippen molar-refractivity contribution in [2.24, 2.45) is 11.7 Å². The van der Waals surface area contributed by atoms with Gasteiger partial charge in [-0.25, -0.2) is 23.8 Å². The lowest BCUT2D eigenvalue weighted by molar-refractivity contribution is -0.172. The van der Waals surface area contributed by atoms with Crippen molar-refractivity contribution in [2.75, 3.05) is 91.2 Å². The Kier molecular flexibility index (Phi) is 32.1. The lowest BCUT2D eigenvalue weighted by Crippen LogP contribution is -2.55. The van der Waals surface area contributed by atoms with E-state index < -0.39 is 136 Å². The number of hydrogen-bond acceptors (Lipinski definition) is 22. The minimum Gasteiger partial charge on any atom is -0.481 e. The predicted octanol–water partition coefficient (Wildman–Crippen LogP) is 2.65. The van der Waals surface area contributed by atoms with E-state index in [-0.39, 0.29) is 108 Å². The number of aromatic nitrogens is 2. The first-order valence-corrected chi connectivity index (χ1v) is 36.8. The summed E-state index contributed by atoms with van der Waals surface area (Å²) in [6.45, 7) is 7.91. The topological polar surface area (TPSA) is 445 Å². The van der Waals surface area contributed by atoms with E-state index in [1.54, 1.807) is 45.9 Å². The molecule has 2 aromatic carbocycles. The number of nitrogens with zero attached hydrogens (tertiary/aromatic N) is 2. The maximum Gasteiger partial charge on any atom is 0.409 e. The summed E-state index contributed by atoms with van der Waals surface area (Å²) in [6.07, 6.45) is 3.39. The third kappa shape index (κ3) is 23.7. The number of alkyl carbamates (subject to hydrolysis) is 1. The Labute approximate surface area is 614 Å². The number of aliphatic carboxylic acids is 1. The van der Waals surface area contributed by atoms with Gasteiger partial charge in [0.2, 0.25) is 29.5 Å². The number of carboxylic acids is 1. The fourth-order valence-corrected chi connectivity index (χ4v) is 13.5. The van der Waals surface area contributed by atoms with Gasteiger partial charge in [0, 0.05) is 60.6 Å². The van der Waals surface area contributed by atoms with Crippen molar-refractivity contribution in [3.05, 3.63) is 91.5 Å². The smallest absolute Gasteiger partial charge is 0.409 e. The lowest BCUT2D eigenvalue weighted by atomic mass is 9.81. The van der Waals surface area contributed by atoms with Crippen LogP contribution in [0.25, 0.3) is 22.3 Å². The third-order valence-corrected chi connectivity index (χ3v) is 19.6. The zero-order valence-electron chi connectivity index (χ0n) is 60.1. The van der Waals surface area contributed by atoms with E-state index in [9.17, 15) is 63.3 Å². The van der Waals surface area contributed by atoms with E-state index >= 15 is 4.39 Å². The van der Waals surface area contributed by atoms with E-state index in [1.165, 1.54) is 22.8 Å². The number of carbonyl (C=O) groups is 9. The standard InChI is InChI=1S/C72H96FN11O21Si/c1-5-72(97)50-34-55-64-48(36-84(55)68(93)49(50)38-104-69(72)94)62-52(20-19-47-43(4)51(73)35-54(80-64)61(47)62)79-59(87)39-102-41-77-71(96)105-37-44-15-17-45(18-16-44)78-65(90)53(14-11-24-76-70(74)95)81-67(92)63(42(2)3)82-66(91)56(21-22-60(88)89)106-83-57(85)23-26-98-28-30-100-32-33-101-31-29-99-27-25-75-58(86)40-103-46-12-9-7-6-8-10-13-46/h15-18,34-35,42,46,52-53,56,58,63,75,86,97H,5-9,11-12,14,19-33,36-41H2,1-4H3,(H,77,96)(H,78,90)(H,79,87)(H,81,92)(H,82,91)(H,83,85)(H,88,89)(H3,74,76,95)/t46?,52-,53-,56-,58?,63-,72-/m0/s1. The molecular weight excluding hydrogens is 1400 g/mol. The Bertz CT molecular complexity index is 3890. The number of aryl methyl sites for hydroxylation is 1. The van der Waals surface area contributed by atoms with Gasteiger partial charge in [0.05, 0.1) is 100 Å². The molecule has 2 unspecified atom stereocenters. The van der Waals surface area contributed by atoms with Crippen molar-refractivity contribution in [3.8, 4) is 23.2 Å². The molecule has 0 fully saturated rings. The molecule has 2 aliphatic carbocycles. The van der Waals surface area contributed by atoms with Crippen LogP contribution in [0.15, 0.2) is 41.2 Å². The van der Waals surface area contributed by atoms with Crippen LogP contribution in [0.4, 0.5) is 19.7 Å². The van der Waals surface area contributed by atoms with Gasteiger partial charge in [0.1, 0.15) is 56.8 Å². The number of aliphatic hydroxyl groups is 2. The molecule has 13 N–H and O–H groups in total.